The number of aryl methyl sites for hydroxylation is 2. The van der Waals surface area contributed by atoms with E-state index in [1.165, 1.54) is 0 Å². The van der Waals surface area contributed by atoms with Crippen LogP contribution < -0.4 is 10.0 Å². The molecule has 0 spiro atoms. The maximum Gasteiger partial charge on any atom is 0.240 e. The molecule has 1 aromatic carbocycles. The number of hydrogen-bond donors (Lipinski definition) is 2. The van der Waals surface area contributed by atoms with Gasteiger partial charge in [-0.15, -0.1) is 0 Å². The van der Waals surface area contributed by atoms with Crippen molar-refractivity contribution in [2.24, 2.45) is 0 Å². The SMILES string of the molecule is Cc1ccc(S(=O)(=O)NCCNc2cc(-n3cccc3)nc(C)n2)cc1. The molecule has 0 bridgehead atoms. The highest BCUT2D eigenvalue weighted by molar-refractivity contribution is 7.89. The van der Waals surface area contributed by atoms with Crippen molar-refractivity contribution in [3.05, 3.63) is 66.2 Å². The molecule has 0 aliphatic heterocycles. The van der Waals surface area contributed by atoms with Crippen molar-refractivity contribution < 1.29 is 8.42 Å². The van der Waals surface area contributed by atoms with Gasteiger partial charge in [0.2, 0.25) is 10.0 Å². The Morgan fingerprint density at radius 3 is 2.38 bits per heavy atom. The van der Waals surface area contributed by atoms with Crippen LogP contribution >= 0.6 is 0 Å². The lowest BCUT2D eigenvalue weighted by Gasteiger charge is -2.10. The summed E-state index contributed by atoms with van der Waals surface area (Å²) in [6.45, 7) is 4.39. The van der Waals surface area contributed by atoms with Gasteiger partial charge in [-0.2, -0.15) is 0 Å². The molecule has 3 rings (SSSR count). The number of sulfonamides is 1. The van der Waals surface area contributed by atoms with Gasteiger partial charge < -0.3 is 9.88 Å². The van der Waals surface area contributed by atoms with E-state index < -0.39 is 10.0 Å². The van der Waals surface area contributed by atoms with Crippen molar-refractivity contribution >= 4 is 15.8 Å². The van der Waals surface area contributed by atoms with E-state index in [0.717, 1.165) is 11.4 Å². The fraction of sp³-hybridized carbons (Fsp3) is 0.222. The van der Waals surface area contributed by atoms with Crippen LogP contribution in [0.25, 0.3) is 5.82 Å². The van der Waals surface area contributed by atoms with Crippen molar-refractivity contribution in [1.29, 1.82) is 0 Å². The highest BCUT2D eigenvalue weighted by Crippen LogP contribution is 2.12. The van der Waals surface area contributed by atoms with E-state index in [-0.39, 0.29) is 11.4 Å². The summed E-state index contributed by atoms with van der Waals surface area (Å²) in [5, 5.41) is 3.13. The quantitative estimate of drug-likeness (QED) is 0.622. The number of aromatic nitrogens is 3. The number of benzene rings is 1. The highest BCUT2D eigenvalue weighted by Gasteiger charge is 2.12. The van der Waals surface area contributed by atoms with Crippen molar-refractivity contribution in [2.45, 2.75) is 18.7 Å². The van der Waals surface area contributed by atoms with Crippen molar-refractivity contribution in [3.8, 4) is 5.82 Å². The lowest BCUT2D eigenvalue weighted by Crippen LogP contribution is -2.29. The van der Waals surface area contributed by atoms with Crippen LogP contribution in [0.3, 0.4) is 0 Å². The second-order valence-electron chi connectivity index (χ2n) is 5.89. The third-order valence-corrected chi connectivity index (χ3v) is 5.22. The van der Waals surface area contributed by atoms with E-state index in [4.69, 9.17) is 0 Å². The zero-order chi connectivity index (χ0) is 18.6. The summed E-state index contributed by atoms with van der Waals surface area (Å²) in [6, 6.07) is 12.4. The van der Waals surface area contributed by atoms with E-state index in [0.29, 0.717) is 18.2 Å². The topological polar surface area (TPSA) is 88.9 Å². The Morgan fingerprint density at radius 1 is 1.00 bits per heavy atom. The lowest BCUT2D eigenvalue weighted by atomic mass is 10.2. The summed E-state index contributed by atoms with van der Waals surface area (Å²) >= 11 is 0. The molecule has 2 N–H and O–H groups in total. The molecule has 8 heteroatoms. The van der Waals surface area contributed by atoms with E-state index in [9.17, 15) is 8.42 Å². The molecule has 0 aliphatic carbocycles. The highest BCUT2D eigenvalue weighted by atomic mass is 32.2. The van der Waals surface area contributed by atoms with Crippen molar-refractivity contribution in [1.82, 2.24) is 19.3 Å². The molecule has 0 saturated carbocycles. The number of hydrogen-bond acceptors (Lipinski definition) is 5. The molecule has 26 heavy (non-hydrogen) atoms. The smallest absolute Gasteiger partial charge is 0.240 e. The molecule has 0 aliphatic rings. The fourth-order valence-corrected chi connectivity index (χ4v) is 3.47. The molecule has 0 atom stereocenters. The number of nitrogens with zero attached hydrogens (tertiary/aromatic N) is 3. The van der Waals surface area contributed by atoms with E-state index >= 15 is 0 Å². The third kappa shape index (κ3) is 4.47. The minimum Gasteiger partial charge on any atom is -0.369 e. The zero-order valence-corrected chi connectivity index (χ0v) is 15.5. The first-order chi connectivity index (χ1) is 12.4. The molecular formula is C18H21N5O2S. The van der Waals surface area contributed by atoms with Crippen LogP contribution in [-0.2, 0) is 10.0 Å². The zero-order valence-electron chi connectivity index (χ0n) is 14.7. The van der Waals surface area contributed by atoms with Crippen LogP contribution in [0.2, 0.25) is 0 Å². The third-order valence-electron chi connectivity index (χ3n) is 3.75. The summed E-state index contributed by atoms with van der Waals surface area (Å²) in [5.41, 5.74) is 1.02. The van der Waals surface area contributed by atoms with Gasteiger partial charge in [-0.1, -0.05) is 17.7 Å². The Bertz CT molecular complexity index is 967. The first-order valence-corrected chi connectivity index (χ1v) is 9.72. The minimum absolute atomic E-state index is 0.248. The van der Waals surface area contributed by atoms with Gasteiger partial charge in [-0.05, 0) is 38.1 Å². The van der Waals surface area contributed by atoms with Crippen LogP contribution in [0, 0.1) is 13.8 Å². The molecule has 0 amide bonds. The molecule has 136 valence electrons. The first kappa shape index (κ1) is 18.1. The standard InChI is InChI=1S/C18H21N5O2S/c1-14-5-7-16(8-6-14)26(24,25)20-10-9-19-17-13-18(22-15(2)21-17)23-11-3-4-12-23/h3-8,11-13,20H,9-10H2,1-2H3,(H,19,21,22). The number of rotatable bonds is 7. The molecule has 3 aromatic rings. The van der Waals surface area contributed by atoms with E-state index in [1.54, 1.807) is 24.3 Å². The van der Waals surface area contributed by atoms with Crippen LogP contribution in [0.1, 0.15) is 11.4 Å². The molecular weight excluding hydrogens is 350 g/mol. The molecule has 0 unspecified atom stereocenters. The normalized spacial score (nSPS) is 11.5. The van der Waals surface area contributed by atoms with Gasteiger partial charge >= 0.3 is 0 Å². The minimum atomic E-state index is -3.51. The van der Waals surface area contributed by atoms with E-state index in [1.807, 2.05) is 49.0 Å². The maximum atomic E-state index is 12.3. The Kier molecular flexibility index (Phi) is 5.34. The largest absolute Gasteiger partial charge is 0.369 e. The molecule has 0 saturated heterocycles. The van der Waals surface area contributed by atoms with Gasteiger partial charge in [-0.25, -0.2) is 23.1 Å². The Balaban J connectivity index is 1.59. The number of anilines is 1. The average molecular weight is 371 g/mol. The number of nitrogens with one attached hydrogen (secondary N) is 2. The van der Waals surface area contributed by atoms with Gasteiger partial charge in [-0.3, -0.25) is 0 Å². The summed E-state index contributed by atoms with van der Waals surface area (Å²) in [6.07, 6.45) is 3.81. The Labute approximate surface area is 153 Å². The maximum absolute atomic E-state index is 12.3. The molecule has 7 nitrogen and oxygen atoms in total. The Morgan fingerprint density at radius 2 is 1.69 bits per heavy atom. The summed E-state index contributed by atoms with van der Waals surface area (Å²) in [5.74, 6) is 2.04. The van der Waals surface area contributed by atoms with Crippen LogP contribution in [0.15, 0.2) is 59.8 Å². The predicted molar refractivity (Wildman–Crippen MR) is 101 cm³/mol. The fourth-order valence-electron chi connectivity index (χ4n) is 2.44. The average Bonchev–Trinajstić information content (AvgIpc) is 3.13. The summed E-state index contributed by atoms with van der Waals surface area (Å²) in [7, 11) is -3.51. The molecule has 0 fully saturated rings. The second-order valence-corrected chi connectivity index (χ2v) is 7.65. The lowest BCUT2D eigenvalue weighted by molar-refractivity contribution is 0.583. The van der Waals surface area contributed by atoms with Crippen LogP contribution in [-0.4, -0.2) is 36.0 Å². The monoisotopic (exact) mass is 371 g/mol. The van der Waals surface area contributed by atoms with Gasteiger partial charge in [0.25, 0.3) is 0 Å². The summed E-state index contributed by atoms with van der Waals surface area (Å²) in [4.78, 5) is 8.98. The second kappa shape index (κ2) is 7.67. The predicted octanol–water partition coefficient (Wildman–Crippen LogP) is 2.27. The van der Waals surface area contributed by atoms with Crippen LogP contribution in [0.4, 0.5) is 5.82 Å². The van der Waals surface area contributed by atoms with E-state index in [2.05, 4.69) is 20.0 Å². The van der Waals surface area contributed by atoms with Crippen molar-refractivity contribution in [3.63, 3.8) is 0 Å². The summed E-state index contributed by atoms with van der Waals surface area (Å²) < 4.78 is 29.0. The van der Waals surface area contributed by atoms with Gasteiger partial charge in [0.1, 0.15) is 17.5 Å². The molecule has 2 aromatic heterocycles. The van der Waals surface area contributed by atoms with Crippen LogP contribution in [0.5, 0.6) is 0 Å². The first-order valence-electron chi connectivity index (χ1n) is 8.23. The van der Waals surface area contributed by atoms with Crippen molar-refractivity contribution in [2.75, 3.05) is 18.4 Å². The van der Waals surface area contributed by atoms with Gasteiger partial charge in [0.15, 0.2) is 0 Å². The molecule has 2 heterocycles. The van der Waals surface area contributed by atoms with Gasteiger partial charge in [0, 0.05) is 31.5 Å². The van der Waals surface area contributed by atoms with Gasteiger partial charge in [0.05, 0.1) is 4.90 Å². The molecule has 0 radical (unpaired) electrons. The Hall–Kier alpha value is -2.71.